The maximum atomic E-state index is 10.6. The fourth-order valence-electron chi connectivity index (χ4n) is 1.34. The van der Waals surface area contributed by atoms with Gasteiger partial charge in [0.05, 0.1) is 18.6 Å². The lowest BCUT2D eigenvalue weighted by molar-refractivity contribution is -0.255. The standard InChI is InChI=1S/C11H9NO3/c1-15-9-3-2-7-4-8(11(13)14)6-12-10(7)5-9/h2-6H,1H3,(H,13,14)/p-1. The van der Waals surface area contributed by atoms with Crippen molar-refractivity contribution < 1.29 is 14.6 Å². The Morgan fingerprint density at radius 3 is 2.87 bits per heavy atom. The average Bonchev–Trinajstić information content (AvgIpc) is 2.27. The fourth-order valence-corrected chi connectivity index (χ4v) is 1.34. The molecule has 0 aliphatic heterocycles. The SMILES string of the molecule is COc1ccc2cc(C(=O)[O-])cnc2c1. The number of benzene rings is 1. The van der Waals surface area contributed by atoms with Crippen LogP contribution in [-0.2, 0) is 0 Å². The summed E-state index contributed by atoms with van der Waals surface area (Å²) < 4.78 is 5.03. The van der Waals surface area contributed by atoms with E-state index in [0.29, 0.717) is 11.3 Å². The number of nitrogens with zero attached hydrogens (tertiary/aromatic N) is 1. The van der Waals surface area contributed by atoms with E-state index in [1.54, 1.807) is 25.3 Å². The van der Waals surface area contributed by atoms with E-state index in [2.05, 4.69) is 4.98 Å². The zero-order valence-corrected chi connectivity index (χ0v) is 8.06. The van der Waals surface area contributed by atoms with Crippen molar-refractivity contribution >= 4 is 16.9 Å². The lowest BCUT2D eigenvalue weighted by atomic mass is 10.1. The first-order valence-corrected chi connectivity index (χ1v) is 4.36. The summed E-state index contributed by atoms with van der Waals surface area (Å²) >= 11 is 0. The second kappa shape index (κ2) is 3.57. The quantitative estimate of drug-likeness (QED) is 0.715. The molecule has 0 unspecified atom stereocenters. The molecular weight excluding hydrogens is 194 g/mol. The highest BCUT2D eigenvalue weighted by Gasteiger charge is 2.00. The topological polar surface area (TPSA) is 62.2 Å². The van der Waals surface area contributed by atoms with Crippen LogP contribution in [0.15, 0.2) is 30.5 Å². The number of hydrogen-bond donors (Lipinski definition) is 0. The number of methoxy groups -OCH3 is 1. The van der Waals surface area contributed by atoms with Crippen LogP contribution in [0.5, 0.6) is 5.75 Å². The van der Waals surface area contributed by atoms with Crippen molar-refractivity contribution in [3.05, 3.63) is 36.0 Å². The van der Waals surface area contributed by atoms with E-state index in [1.807, 2.05) is 0 Å². The predicted octanol–water partition coefficient (Wildman–Crippen LogP) is 0.607. The first-order valence-electron chi connectivity index (χ1n) is 4.36. The van der Waals surface area contributed by atoms with Gasteiger partial charge in [0.15, 0.2) is 0 Å². The van der Waals surface area contributed by atoms with Gasteiger partial charge in [-0.3, -0.25) is 4.98 Å². The molecule has 1 aromatic carbocycles. The number of ether oxygens (including phenoxy) is 1. The second-order valence-corrected chi connectivity index (χ2v) is 3.07. The number of carboxylic acids is 1. The summed E-state index contributed by atoms with van der Waals surface area (Å²) in [6, 6.07) is 6.78. The van der Waals surface area contributed by atoms with E-state index in [1.165, 1.54) is 12.3 Å². The van der Waals surface area contributed by atoms with Gasteiger partial charge >= 0.3 is 0 Å². The third kappa shape index (κ3) is 1.74. The number of hydrogen-bond acceptors (Lipinski definition) is 4. The zero-order chi connectivity index (χ0) is 10.8. The molecule has 4 heteroatoms. The molecule has 0 amide bonds. The minimum Gasteiger partial charge on any atom is -0.545 e. The number of carbonyl (C=O) groups excluding carboxylic acids is 1. The Morgan fingerprint density at radius 2 is 2.20 bits per heavy atom. The van der Waals surface area contributed by atoms with Crippen LogP contribution in [0.4, 0.5) is 0 Å². The van der Waals surface area contributed by atoms with Crippen molar-refractivity contribution in [3.8, 4) is 5.75 Å². The fraction of sp³-hybridized carbons (Fsp3) is 0.0909. The largest absolute Gasteiger partial charge is 0.545 e. The maximum absolute atomic E-state index is 10.6. The van der Waals surface area contributed by atoms with E-state index in [0.717, 1.165) is 5.39 Å². The molecule has 0 saturated carbocycles. The van der Waals surface area contributed by atoms with Crippen LogP contribution in [0.25, 0.3) is 10.9 Å². The van der Waals surface area contributed by atoms with Crippen molar-refractivity contribution in [2.45, 2.75) is 0 Å². The maximum Gasteiger partial charge on any atom is 0.121 e. The molecular formula is C11H8NO3-. The van der Waals surface area contributed by atoms with Gasteiger partial charge in [-0.15, -0.1) is 0 Å². The highest BCUT2D eigenvalue weighted by molar-refractivity contribution is 5.91. The van der Waals surface area contributed by atoms with Crippen molar-refractivity contribution in [2.75, 3.05) is 7.11 Å². The van der Waals surface area contributed by atoms with Gasteiger partial charge in [-0.25, -0.2) is 0 Å². The summed E-state index contributed by atoms with van der Waals surface area (Å²) in [4.78, 5) is 14.6. The average molecular weight is 202 g/mol. The van der Waals surface area contributed by atoms with E-state index in [-0.39, 0.29) is 5.56 Å². The van der Waals surface area contributed by atoms with Crippen LogP contribution in [-0.4, -0.2) is 18.1 Å². The normalized spacial score (nSPS) is 10.2. The van der Waals surface area contributed by atoms with Gasteiger partial charge in [-0.1, -0.05) is 0 Å². The van der Waals surface area contributed by atoms with E-state index < -0.39 is 5.97 Å². The van der Waals surface area contributed by atoms with Crippen molar-refractivity contribution in [2.24, 2.45) is 0 Å². The number of aromatic nitrogens is 1. The van der Waals surface area contributed by atoms with E-state index in [9.17, 15) is 9.90 Å². The molecule has 15 heavy (non-hydrogen) atoms. The van der Waals surface area contributed by atoms with Crippen LogP contribution >= 0.6 is 0 Å². The molecule has 1 aromatic heterocycles. The van der Waals surface area contributed by atoms with Gasteiger partial charge in [-0.05, 0) is 18.2 Å². The number of carboxylic acid groups (broad SMARTS) is 1. The minimum absolute atomic E-state index is 0.0765. The lowest BCUT2D eigenvalue weighted by Gasteiger charge is -2.05. The Balaban J connectivity index is 2.59. The van der Waals surface area contributed by atoms with Gasteiger partial charge in [0.1, 0.15) is 5.75 Å². The van der Waals surface area contributed by atoms with Crippen LogP contribution < -0.4 is 9.84 Å². The highest BCUT2D eigenvalue weighted by Crippen LogP contribution is 2.19. The van der Waals surface area contributed by atoms with Crippen LogP contribution in [0.3, 0.4) is 0 Å². The molecule has 0 radical (unpaired) electrons. The summed E-state index contributed by atoms with van der Waals surface area (Å²) in [6.07, 6.45) is 1.27. The molecule has 0 spiro atoms. The second-order valence-electron chi connectivity index (χ2n) is 3.07. The van der Waals surface area contributed by atoms with Crippen LogP contribution in [0, 0.1) is 0 Å². The number of carbonyl (C=O) groups is 1. The summed E-state index contributed by atoms with van der Waals surface area (Å²) in [5, 5.41) is 11.3. The molecule has 1 heterocycles. The van der Waals surface area contributed by atoms with Crippen molar-refractivity contribution in [3.63, 3.8) is 0 Å². The Bertz CT molecular complexity index is 522. The number of fused-ring (bicyclic) bond motifs is 1. The van der Waals surface area contributed by atoms with E-state index in [4.69, 9.17) is 4.74 Å². The van der Waals surface area contributed by atoms with Gasteiger partial charge < -0.3 is 14.6 Å². The van der Waals surface area contributed by atoms with Crippen LogP contribution in [0.1, 0.15) is 10.4 Å². The first kappa shape index (κ1) is 9.45. The van der Waals surface area contributed by atoms with Crippen LogP contribution in [0.2, 0.25) is 0 Å². The molecule has 2 rings (SSSR count). The minimum atomic E-state index is -1.22. The number of aromatic carboxylic acids is 1. The zero-order valence-electron chi connectivity index (χ0n) is 8.06. The highest BCUT2D eigenvalue weighted by atomic mass is 16.5. The Labute approximate surface area is 86.1 Å². The third-order valence-electron chi connectivity index (χ3n) is 2.13. The summed E-state index contributed by atoms with van der Waals surface area (Å²) in [5.74, 6) is -0.531. The molecule has 4 nitrogen and oxygen atoms in total. The summed E-state index contributed by atoms with van der Waals surface area (Å²) in [6.45, 7) is 0. The third-order valence-corrected chi connectivity index (χ3v) is 2.13. The monoisotopic (exact) mass is 202 g/mol. The van der Waals surface area contributed by atoms with Crippen molar-refractivity contribution in [1.29, 1.82) is 0 Å². The first-order chi connectivity index (χ1) is 7.20. The molecule has 0 N–H and O–H groups in total. The molecule has 2 aromatic rings. The van der Waals surface area contributed by atoms with Gasteiger partial charge in [0, 0.05) is 23.2 Å². The van der Waals surface area contributed by atoms with Crippen molar-refractivity contribution in [1.82, 2.24) is 4.98 Å². The summed E-state index contributed by atoms with van der Waals surface area (Å²) in [7, 11) is 1.57. The van der Waals surface area contributed by atoms with Gasteiger partial charge in [-0.2, -0.15) is 0 Å². The van der Waals surface area contributed by atoms with E-state index >= 15 is 0 Å². The molecule has 0 bridgehead atoms. The molecule has 0 atom stereocenters. The summed E-state index contributed by atoms with van der Waals surface area (Å²) in [5.41, 5.74) is 0.770. The molecule has 0 aliphatic rings. The Hall–Kier alpha value is -2.10. The molecule has 0 aliphatic carbocycles. The smallest absolute Gasteiger partial charge is 0.121 e. The molecule has 0 saturated heterocycles. The predicted molar refractivity (Wildman–Crippen MR) is 52.6 cm³/mol. The Kier molecular flexibility index (Phi) is 2.25. The molecule has 0 fully saturated rings. The lowest BCUT2D eigenvalue weighted by Crippen LogP contribution is -2.22. The number of pyridine rings is 1. The van der Waals surface area contributed by atoms with Gasteiger partial charge in [0.2, 0.25) is 0 Å². The molecule has 76 valence electrons. The number of rotatable bonds is 2. The van der Waals surface area contributed by atoms with Gasteiger partial charge in [0.25, 0.3) is 0 Å². The Morgan fingerprint density at radius 1 is 1.40 bits per heavy atom.